The predicted octanol–water partition coefficient (Wildman–Crippen LogP) is 2.80. The van der Waals surface area contributed by atoms with Crippen molar-refractivity contribution in [3.63, 3.8) is 0 Å². The summed E-state index contributed by atoms with van der Waals surface area (Å²) in [7, 11) is 1.59. The Hall–Kier alpha value is -2.31. The molecule has 0 saturated heterocycles. The summed E-state index contributed by atoms with van der Waals surface area (Å²) in [5.41, 5.74) is 2.84. The predicted molar refractivity (Wildman–Crippen MR) is 107 cm³/mol. The Kier molecular flexibility index (Phi) is 6.53. The van der Waals surface area contributed by atoms with Crippen molar-refractivity contribution >= 4 is 23.6 Å². The molecule has 0 radical (unpaired) electrons. The third kappa shape index (κ3) is 4.51. The van der Waals surface area contributed by atoms with Gasteiger partial charge in [-0.2, -0.15) is 0 Å². The SMILES string of the molecule is COCCN1C(=O)Cc2ccccc2C1C(=O)NCc1ccc(SC)cc1. The van der Waals surface area contributed by atoms with Gasteiger partial charge in [-0.1, -0.05) is 36.4 Å². The molecule has 0 aromatic heterocycles. The summed E-state index contributed by atoms with van der Waals surface area (Å²) in [4.78, 5) is 28.4. The Balaban J connectivity index is 1.78. The highest BCUT2D eigenvalue weighted by molar-refractivity contribution is 7.98. The van der Waals surface area contributed by atoms with Gasteiger partial charge in [0.15, 0.2) is 0 Å². The molecular weight excluding hydrogens is 360 g/mol. The van der Waals surface area contributed by atoms with E-state index >= 15 is 0 Å². The molecule has 27 heavy (non-hydrogen) atoms. The molecule has 2 aromatic carbocycles. The fourth-order valence-corrected chi connectivity index (χ4v) is 3.70. The minimum Gasteiger partial charge on any atom is -0.383 e. The Morgan fingerprint density at radius 3 is 2.67 bits per heavy atom. The molecule has 1 atom stereocenters. The van der Waals surface area contributed by atoms with Crippen LogP contribution in [0.5, 0.6) is 0 Å². The average molecular weight is 385 g/mol. The van der Waals surface area contributed by atoms with Crippen molar-refractivity contribution in [3.05, 3.63) is 65.2 Å². The van der Waals surface area contributed by atoms with E-state index < -0.39 is 6.04 Å². The van der Waals surface area contributed by atoms with E-state index in [0.717, 1.165) is 16.7 Å². The van der Waals surface area contributed by atoms with Crippen LogP contribution in [0.15, 0.2) is 53.4 Å². The van der Waals surface area contributed by atoms with Crippen molar-refractivity contribution in [2.24, 2.45) is 0 Å². The first-order chi connectivity index (χ1) is 13.1. The smallest absolute Gasteiger partial charge is 0.247 e. The number of nitrogens with one attached hydrogen (secondary N) is 1. The number of fused-ring (bicyclic) bond motifs is 1. The summed E-state index contributed by atoms with van der Waals surface area (Å²) >= 11 is 1.68. The van der Waals surface area contributed by atoms with E-state index in [0.29, 0.717) is 26.1 Å². The van der Waals surface area contributed by atoms with Crippen LogP contribution in [-0.4, -0.2) is 43.2 Å². The van der Waals surface area contributed by atoms with Crippen LogP contribution in [0.3, 0.4) is 0 Å². The lowest BCUT2D eigenvalue weighted by Crippen LogP contribution is -2.48. The molecule has 5 nitrogen and oxygen atoms in total. The minimum atomic E-state index is -0.622. The van der Waals surface area contributed by atoms with Crippen LogP contribution in [0.4, 0.5) is 0 Å². The third-order valence-corrected chi connectivity index (χ3v) is 5.48. The van der Waals surface area contributed by atoms with Crippen molar-refractivity contribution in [1.82, 2.24) is 10.2 Å². The summed E-state index contributed by atoms with van der Waals surface area (Å²) in [5.74, 6) is -0.212. The Bertz CT molecular complexity index is 807. The molecule has 1 unspecified atom stereocenters. The second-order valence-corrected chi connectivity index (χ2v) is 7.30. The highest BCUT2D eigenvalue weighted by atomic mass is 32.2. The number of rotatable bonds is 7. The number of methoxy groups -OCH3 is 1. The van der Waals surface area contributed by atoms with E-state index in [1.807, 2.05) is 54.8 Å². The molecule has 0 fully saturated rings. The third-order valence-electron chi connectivity index (χ3n) is 4.73. The molecule has 0 aliphatic carbocycles. The average Bonchev–Trinajstić information content (AvgIpc) is 2.70. The number of amides is 2. The molecule has 2 aromatic rings. The number of hydrogen-bond acceptors (Lipinski definition) is 4. The van der Waals surface area contributed by atoms with Gasteiger partial charge in [-0.3, -0.25) is 9.59 Å². The van der Waals surface area contributed by atoms with Gasteiger partial charge in [0, 0.05) is 25.1 Å². The van der Waals surface area contributed by atoms with Crippen molar-refractivity contribution in [3.8, 4) is 0 Å². The number of thioether (sulfide) groups is 1. The minimum absolute atomic E-state index is 0.0461. The van der Waals surface area contributed by atoms with E-state index in [4.69, 9.17) is 4.74 Å². The fraction of sp³-hybridized carbons (Fsp3) is 0.333. The molecule has 0 saturated carbocycles. The fourth-order valence-electron chi connectivity index (χ4n) is 3.29. The van der Waals surface area contributed by atoms with E-state index in [2.05, 4.69) is 5.32 Å². The molecule has 1 aliphatic heterocycles. The van der Waals surface area contributed by atoms with Crippen LogP contribution in [0, 0.1) is 0 Å². The van der Waals surface area contributed by atoms with Crippen molar-refractivity contribution in [1.29, 1.82) is 0 Å². The number of carbonyl (C=O) groups excluding carboxylic acids is 2. The second kappa shape index (κ2) is 9.06. The molecule has 0 spiro atoms. The van der Waals surface area contributed by atoms with Gasteiger partial charge in [-0.25, -0.2) is 0 Å². The van der Waals surface area contributed by atoms with Crippen LogP contribution >= 0.6 is 11.8 Å². The topological polar surface area (TPSA) is 58.6 Å². The Labute approximate surface area is 164 Å². The van der Waals surface area contributed by atoms with Gasteiger partial charge in [0.1, 0.15) is 6.04 Å². The second-order valence-electron chi connectivity index (χ2n) is 6.42. The van der Waals surface area contributed by atoms with Gasteiger partial charge >= 0.3 is 0 Å². The molecular formula is C21H24N2O3S. The number of hydrogen-bond donors (Lipinski definition) is 1. The van der Waals surface area contributed by atoms with Crippen LogP contribution < -0.4 is 5.32 Å². The summed E-state index contributed by atoms with van der Waals surface area (Å²) in [6.45, 7) is 1.22. The zero-order chi connectivity index (χ0) is 19.2. The first-order valence-electron chi connectivity index (χ1n) is 8.91. The normalized spacial score (nSPS) is 16.1. The van der Waals surface area contributed by atoms with E-state index in [-0.39, 0.29) is 11.8 Å². The first-order valence-corrected chi connectivity index (χ1v) is 10.1. The standard InChI is InChI=1S/C21H24N2O3S/c1-26-12-11-23-19(24)13-16-5-3-4-6-18(16)20(23)21(25)22-14-15-7-9-17(27-2)10-8-15/h3-10,20H,11-14H2,1-2H3,(H,22,25). The van der Waals surface area contributed by atoms with Gasteiger partial charge in [0.2, 0.25) is 11.8 Å². The van der Waals surface area contributed by atoms with Crippen molar-refractivity contribution in [2.45, 2.75) is 23.9 Å². The summed E-state index contributed by atoms with van der Waals surface area (Å²) in [6, 6.07) is 15.1. The molecule has 1 heterocycles. The number of nitrogens with zero attached hydrogens (tertiary/aromatic N) is 1. The maximum absolute atomic E-state index is 13.0. The highest BCUT2D eigenvalue weighted by Gasteiger charge is 2.36. The van der Waals surface area contributed by atoms with E-state index in [9.17, 15) is 9.59 Å². The maximum atomic E-state index is 13.0. The van der Waals surface area contributed by atoms with Crippen LogP contribution in [-0.2, 0) is 27.3 Å². The molecule has 3 rings (SSSR count). The van der Waals surface area contributed by atoms with E-state index in [1.54, 1.807) is 23.8 Å². The lowest BCUT2D eigenvalue weighted by molar-refractivity contribution is -0.142. The molecule has 2 amide bonds. The summed E-state index contributed by atoms with van der Waals surface area (Å²) in [6.07, 6.45) is 2.35. The zero-order valence-electron chi connectivity index (χ0n) is 15.6. The summed E-state index contributed by atoms with van der Waals surface area (Å²) < 4.78 is 5.13. The summed E-state index contributed by atoms with van der Waals surface area (Å²) in [5, 5.41) is 2.99. The molecule has 0 bridgehead atoms. The van der Waals surface area contributed by atoms with Crippen LogP contribution in [0.25, 0.3) is 0 Å². The van der Waals surface area contributed by atoms with Crippen LogP contribution in [0.1, 0.15) is 22.7 Å². The van der Waals surface area contributed by atoms with Gasteiger partial charge in [-0.15, -0.1) is 11.8 Å². The van der Waals surface area contributed by atoms with Gasteiger partial charge in [0.25, 0.3) is 0 Å². The monoisotopic (exact) mass is 384 g/mol. The lowest BCUT2D eigenvalue weighted by atomic mass is 9.91. The zero-order valence-corrected chi connectivity index (χ0v) is 16.4. The molecule has 6 heteroatoms. The Morgan fingerprint density at radius 2 is 1.96 bits per heavy atom. The van der Waals surface area contributed by atoms with Crippen molar-refractivity contribution < 1.29 is 14.3 Å². The van der Waals surface area contributed by atoms with Gasteiger partial charge in [-0.05, 0) is 35.1 Å². The van der Waals surface area contributed by atoms with Gasteiger partial charge in [0.05, 0.1) is 13.0 Å². The first kappa shape index (κ1) is 19.5. The largest absolute Gasteiger partial charge is 0.383 e. The lowest BCUT2D eigenvalue weighted by Gasteiger charge is -2.36. The van der Waals surface area contributed by atoms with Crippen molar-refractivity contribution in [2.75, 3.05) is 26.5 Å². The quantitative estimate of drug-likeness (QED) is 0.746. The molecule has 142 valence electrons. The number of carbonyl (C=O) groups is 2. The maximum Gasteiger partial charge on any atom is 0.247 e. The van der Waals surface area contributed by atoms with Gasteiger partial charge < -0.3 is 15.0 Å². The highest BCUT2D eigenvalue weighted by Crippen LogP contribution is 2.30. The molecule has 1 N–H and O–H groups in total. The Morgan fingerprint density at radius 1 is 1.22 bits per heavy atom. The molecule has 1 aliphatic rings. The number of ether oxygens (including phenoxy) is 1. The number of benzene rings is 2. The van der Waals surface area contributed by atoms with E-state index in [1.165, 1.54) is 4.90 Å². The van der Waals surface area contributed by atoms with Crippen LogP contribution in [0.2, 0.25) is 0 Å².